The van der Waals surface area contributed by atoms with Crippen molar-refractivity contribution >= 4 is 27.6 Å². The first kappa shape index (κ1) is 14.6. The number of nitrogens with one attached hydrogen (secondary N) is 1. The summed E-state index contributed by atoms with van der Waals surface area (Å²) >= 11 is 1.41. The van der Waals surface area contributed by atoms with Crippen LogP contribution in [0.4, 0.5) is 18.0 Å². The molecule has 20 heavy (non-hydrogen) atoms. The topological polar surface area (TPSA) is 45.2 Å². The van der Waals surface area contributed by atoms with E-state index >= 15 is 0 Å². The number of halogens is 3. The van der Waals surface area contributed by atoms with Gasteiger partial charge in [0.05, 0.1) is 16.8 Å². The number of amides is 2. The van der Waals surface area contributed by atoms with Gasteiger partial charge >= 0.3 is 12.2 Å². The second kappa shape index (κ2) is 5.66. The Balaban J connectivity index is 1.96. The largest absolute Gasteiger partial charge is 0.405 e. The Kier molecular flexibility index (Phi) is 4.12. The van der Waals surface area contributed by atoms with Crippen LogP contribution in [0.15, 0.2) is 24.3 Å². The molecule has 2 rings (SSSR count). The molecule has 1 aromatic heterocycles. The Hall–Kier alpha value is -1.83. The molecule has 0 saturated carbocycles. The normalized spacial score (nSPS) is 11.6. The predicted octanol–water partition coefficient (Wildman–Crippen LogP) is 3.00. The monoisotopic (exact) mass is 303 g/mol. The molecular formula is C12H12F3N3OS. The summed E-state index contributed by atoms with van der Waals surface area (Å²) < 4.78 is 37.0. The van der Waals surface area contributed by atoms with Crippen molar-refractivity contribution < 1.29 is 18.0 Å². The number of fused-ring (bicyclic) bond motifs is 1. The lowest BCUT2D eigenvalue weighted by Crippen LogP contribution is -2.41. The van der Waals surface area contributed by atoms with Gasteiger partial charge < -0.3 is 10.2 Å². The molecule has 0 spiro atoms. The summed E-state index contributed by atoms with van der Waals surface area (Å²) in [5.74, 6) is 0. The van der Waals surface area contributed by atoms with Crippen LogP contribution in [0, 0.1) is 0 Å². The lowest BCUT2D eigenvalue weighted by molar-refractivity contribution is -0.123. The summed E-state index contributed by atoms with van der Waals surface area (Å²) in [7, 11) is 1.43. The number of urea groups is 1. The lowest BCUT2D eigenvalue weighted by Gasteiger charge is -2.17. The summed E-state index contributed by atoms with van der Waals surface area (Å²) in [5, 5.41) is 2.49. The molecule has 0 radical (unpaired) electrons. The van der Waals surface area contributed by atoms with Crippen molar-refractivity contribution in [3.63, 3.8) is 0 Å². The number of aromatic nitrogens is 1. The third-order valence-electron chi connectivity index (χ3n) is 2.50. The minimum Gasteiger partial charge on any atom is -0.329 e. The molecule has 108 valence electrons. The van der Waals surface area contributed by atoms with E-state index in [-0.39, 0.29) is 6.54 Å². The van der Waals surface area contributed by atoms with E-state index in [9.17, 15) is 18.0 Å². The van der Waals surface area contributed by atoms with Crippen LogP contribution in [0.2, 0.25) is 0 Å². The van der Waals surface area contributed by atoms with Crippen molar-refractivity contribution in [1.82, 2.24) is 15.2 Å². The van der Waals surface area contributed by atoms with Gasteiger partial charge in [0.2, 0.25) is 0 Å². The highest BCUT2D eigenvalue weighted by atomic mass is 32.1. The number of alkyl halides is 3. The second-order valence-corrected chi connectivity index (χ2v) is 5.32. The number of carbonyl (C=O) groups is 1. The van der Waals surface area contributed by atoms with Crippen molar-refractivity contribution in [1.29, 1.82) is 0 Å². The lowest BCUT2D eigenvalue weighted by atomic mass is 10.3. The van der Waals surface area contributed by atoms with Crippen LogP contribution >= 0.6 is 11.3 Å². The van der Waals surface area contributed by atoms with Crippen molar-refractivity contribution in [3.8, 4) is 0 Å². The molecule has 2 aromatic rings. The quantitative estimate of drug-likeness (QED) is 0.947. The predicted molar refractivity (Wildman–Crippen MR) is 70.5 cm³/mol. The zero-order valence-electron chi connectivity index (χ0n) is 10.6. The first-order valence-corrected chi connectivity index (χ1v) is 6.57. The second-order valence-electron chi connectivity index (χ2n) is 4.21. The van der Waals surface area contributed by atoms with Gasteiger partial charge in [-0.15, -0.1) is 11.3 Å². The fraction of sp³-hybridized carbons (Fsp3) is 0.333. The van der Waals surface area contributed by atoms with Gasteiger partial charge in [-0.3, -0.25) is 0 Å². The van der Waals surface area contributed by atoms with E-state index in [0.29, 0.717) is 5.01 Å². The van der Waals surface area contributed by atoms with Crippen LogP contribution in [0.3, 0.4) is 0 Å². The van der Waals surface area contributed by atoms with Crippen molar-refractivity contribution in [2.24, 2.45) is 0 Å². The Morgan fingerprint density at radius 3 is 2.75 bits per heavy atom. The molecule has 0 aliphatic rings. The number of hydrogen-bond acceptors (Lipinski definition) is 3. The van der Waals surface area contributed by atoms with E-state index in [1.165, 1.54) is 23.3 Å². The number of nitrogens with zero attached hydrogens (tertiary/aromatic N) is 2. The molecule has 1 heterocycles. The van der Waals surface area contributed by atoms with Crippen LogP contribution < -0.4 is 5.32 Å². The first-order chi connectivity index (χ1) is 9.35. The van der Waals surface area contributed by atoms with Gasteiger partial charge in [0, 0.05) is 7.05 Å². The standard InChI is InChI=1S/C12H12F3N3OS/c1-18(11(19)16-7-12(13,14)15)6-10-17-8-4-2-3-5-9(8)20-10/h2-5H,6-7H2,1H3,(H,16,19). The summed E-state index contributed by atoms with van der Waals surface area (Å²) in [6, 6.07) is 6.70. The number of thiazole rings is 1. The third-order valence-corrected chi connectivity index (χ3v) is 3.52. The molecule has 0 aliphatic carbocycles. The molecule has 0 bridgehead atoms. The average molecular weight is 303 g/mol. The van der Waals surface area contributed by atoms with Crippen LogP contribution in [-0.2, 0) is 6.54 Å². The van der Waals surface area contributed by atoms with Crippen LogP contribution in [0.1, 0.15) is 5.01 Å². The maximum Gasteiger partial charge on any atom is 0.405 e. The Labute approximate surface area is 117 Å². The Bertz CT molecular complexity index is 578. The summed E-state index contributed by atoms with van der Waals surface area (Å²) in [6.45, 7) is -1.17. The molecule has 4 nitrogen and oxygen atoms in total. The minimum absolute atomic E-state index is 0.170. The van der Waals surface area contributed by atoms with Crippen LogP contribution in [0.25, 0.3) is 10.2 Å². The van der Waals surface area contributed by atoms with E-state index < -0.39 is 18.8 Å². The van der Waals surface area contributed by atoms with Crippen LogP contribution in [0.5, 0.6) is 0 Å². The van der Waals surface area contributed by atoms with Gasteiger partial charge in [0.25, 0.3) is 0 Å². The molecule has 0 fully saturated rings. The zero-order valence-corrected chi connectivity index (χ0v) is 11.4. The highest BCUT2D eigenvalue weighted by Crippen LogP contribution is 2.22. The van der Waals surface area contributed by atoms with Gasteiger partial charge in [-0.1, -0.05) is 12.1 Å². The first-order valence-electron chi connectivity index (χ1n) is 5.75. The molecule has 0 atom stereocenters. The highest BCUT2D eigenvalue weighted by molar-refractivity contribution is 7.18. The van der Waals surface area contributed by atoms with Gasteiger partial charge in [0.1, 0.15) is 11.6 Å². The molecule has 0 aliphatic heterocycles. The number of carbonyl (C=O) groups excluding carboxylic acids is 1. The van der Waals surface area contributed by atoms with E-state index in [4.69, 9.17) is 0 Å². The molecule has 1 N–H and O–H groups in total. The zero-order chi connectivity index (χ0) is 14.8. The minimum atomic E-state index is -4.41. The van der Waals surface area contributed by atoms with Crippen molar-refractivity contribution in [2.45, 2.75) is 12.7 Å². The van der Waals surface area contributed by atoms with Gasteiger partial charge in [0.15, 0.2) is 0 Å². The Morgan fingerprint density at radius 1 is 1.40 bits per heavy atom. The molecule has 0 saturated heterocycles. The van der Waals surface area contributed by atoms with Crippen molar-refractivity contribution in [3.05, 3.63) is 29.3 Å². The maximum absolute atomic E-state index is 12.0. The van der Waals surface area contributed by atoms with E-state index in [2.05, 4.69) is 4.98 Å². The maximum atomic E-state index is 12.0. The smallest absolute Gasteiger partial charge is 0.329 e. The molecule has 0 unspecified atom stereocenters. The molecule has 8 heteroatoms. The summed E-state index contributed by atoms with van der Waals surface area (Å²) in [6.07, 6.45) is -4.41. The van der Waals surface area contributed by atoms with E-state index in [1.54, 1.807) is 0 Å². The molecule has 2 amide bonds. The third kappa shape index (κ3) is 3.83. The number of hydrogen-bond donors (Lipinski definition) is 1. The fourth-order valence-electron chi connectivity index (χ4n) is 1.57. The van der Waals surface area contributed by atoms with Gasteiger partial charge in [-0.05, 0) is 12.1 Å². The number of rotatable bonds is 3. The molecular weight excluding hydrogens is 291 g/mol. The number of para-hydroxylation sites is 1. The van der Waals surface area contributed by atoms with Gasteiger partial charge in [-0.25, -0.2) is 9.78 Å². The van der Waals surface area contributed by atoms with E-state index in [1.807, 2.05) is 29.6 Å². The average Bonchev–Trinajstić information content (AvgIpc) is 2.76. The highest BCUT2D eigenvalue weighted by Gasteiger charge is 2.28. The van der Waals surface area contributed by atoms with Crippen LogP contribution in [-0.4, -0.2) is 35.7 Å². The molecule has 1 aromatic carbocycles. The Morgan fingerprint density at radius 2 is 2.10 bits per heavy atom. The summed E-state index contributed by atoms with van der Waals surface area (Å²) in [4.78, 5) is 17.0. The fourth-order valence-corrected chi connectivity index (χ4v) is 2.59. The van der Waals surface area contributed by atoms with E-state index in [0.717, 1.165) is 10.2 Å². The summed E-state index contributed by atoms with van der Waals surface area (Å²) in [5.41, 5.74) is 0.816. The SMILES string of the molecule is CN(Cc1nc2ccccc2s1)C(=O)NCC(F)(F)F. The van der Waals surface area contributed by atoms with Gasteiger partial charge in [-0.2, -0.15) is 13.2 Å². The number of benzene rings is 1. The van der Waals surface area contributed by atoms with Crippen molar-refractivity contribution in [2.75, 3.05) is 13.6 Å².